The first-order valence-electron chi connectivity index (χ1n) is 6.44. The number of nitrogen functional groups attached to an aromatic ring is 1. The topological polar surface area (TPSA) is 38.5 Å². The highest BCUT2D eigenvalue weighted by Gasteiger charge is 2.29. The average molecular weight is 232 g/mol. The van der Waals surface area contributed by atoms with E-state index < -0.39 is 0 Å². The number of hydrogen-bond acceptors (Lipinski definition) is 3. The molecule has 2 aliphatic rings. The Hall–Kier alpha value is -1.06. The van der Waals surface area contributed by atoms with Crippen LogP contribution in [0.5, 0.6) is 0 Å². The average Bonchev–Trinajstić information content (AvgIpc) is 2.87. The third-order valence-corrected chi connectivity index (χ3v) is 4.11. The van der Waals surface area contributed by atoms with E-state index in [0.29, 0.717) is 12.0 Å². The number of anilines is 1. The van der Waals surface area contributed by atoms with Gasteiger partial charge in [0.1, 0.15) is 0 Å². The van der Waals surface area contributed by atoms with E-state index in [9.17, 15) is 0 Å². The smallest absolute Gasteiger partial charge is 0.0588 e. The Bertz CT molecular complexity index is 419. The van der Waals surface area contributed by atoms with Gasteiger partial charge in [0.05, 0.1) is 6.10 Å². The van der Waals surface area contributed by atoms with E-state index in [4.69, 9.17) is 10.5 Å². The molecule has 2 heterocycles. The van der Waals surface area contributed by atoms with Crippen LogP contribution in [0.2, 0.25) is 0 Å². The molecule has 2 atom stereocenters. The van der Waals surface area contributed by atoms with Crippen LogP contribution in [-0.4, -0.2) is 24.2 Å². The number of rotatable bonds is 2. The molecule has 2 unspecified atom stereocenters. The SMILES string of the molecule is CC1OCCC1CN1Cc2cccc(N)c2C1. The van der Waals surface area contributed by atoms with E-state index in [1.165, 1.54) is 17.5 Å². The molecule has 0 bridgehead atoms. The molecular weight excluding hydrogens is 212 g/mol. The summed E-state index contributed by atoms with van der Waals surface area (Å²) < 4.78 is 5.63. The second-order valence-electron chi connectivity index (χ2n) is 5.28. The third-order valence-electron chi connectivity index (χ3n) is 4.11. The van der Waals surface area contributed by atoms with E-state index in [1.807, 2.05) is 6.07 Å². The van der Waals surface area contributed by atoms with Gasteiger partial charge < -0.3 is 10.5 Å². The van der Waals surface area contributed by atoms with Crippen LogP contribution in [0.3, 0.4) is 0 Å². The maximum atomic E-state index is 6.02. The second kappa shape index (κ2) is 4.31. The van der Waals surface area contributed by atoms with Gasteiger partial charge in [-0.2, -0.15) is 0 Å². The van der Waals surface area contributed by atoms with Crippen LogP contribution in [-0.2, 0) is 17.8 Å². The lowest BCUT2D eigenvalue weighted by molar-refractivity contribution is 0.0920. The summed E-state index contributed by atoms with van der Waals surface area (Å²) in [5, 5.41) is 0. The van der Waals surface area contributed by atoms with E-state index in [2.05, 4.69) is 24.0 Å². The molecule has 0 aromatic heterocycles. The summed E-state index contributed by atoms with van der Waals surface area (Å²) in [7, 11) is 0. The summed E-state index contributed by atoms with van der Waals surface area (Å²) >= 11 is 0. The van der Waals surface area contributed by atoms with Gasteiger partial charge in [0, 0.05) is 31.9 Å². The number of benzene rings is 1. The van der Waals surface area contributed by atoms with Gasteiger partial charge in [-0.15, -0.1) is 0 Å². The van der Waals surface area contributed by atoms with Crippen molar-refractivity contribution in [3.63, 3.8) is 0 Å². The number of nitrogens with two attached hydrogens (primary N) is 1. The van der Waals surface area contributed by atoms with Crippen molar-refractivity contribution in [3.05, 3.63) is 29.3 Å². The molecule has 2 N–H and O–H groups in total. The van der Waals surface area contributed by atoms with Gasteiger partial charge in [0.25, 0.3) is 0 Å². The molecule has 1 fully saturated rings. The predicted octanol–water partition coefficient (Wildman–Crippen LogP) is 2.01. The lowest BCUT2D eigenvalue weighted by Gasteiger charge is -2.21. The maximum Gasteiger partial charge on any atom is 0.0588 e. The van der Waals surface area contributed by atoms with Crippen LogP contribution in [0.25, 0.3) is 0 Å². The minimum atomic E-state index is 0.413. The molecular formula is C14H20N2O. The normalized spacial score (nSPS) is 28.5. The first-order chi connectivity index (χ1) is 8.24. The van der Waals surface area contributed by atoms with Crippen molar-refractivity contribution >= 4 is 5.69 Å². The lowest BCUT2D eigenvalue weighted by Crippen LogP contribution is -2.28. The number of hydrogen-bond donors (Lipinski definition) is 1. The largest absolute Gasteiger partial charge is 0.398 e. The number of nitrogens with zero attached hydrogens (tertiary/aromatic N) is 1. The van der Waals surface area contributed by atoms with Crippen LogP contribution >= 0.6 is 0 Å². The molecule has 0 aliphatic carbocycles. The third kappa shape index (κ3) is 2.05. The molecule has 92 valence electrons. The van der Waals surface area contributed by atoms with Crippen LogP contribution in [0.15, 0.2) is 18.2 Å². The Kier molecular flexibility index (Phi) is 2.81. The molecule has 1 saturated heterocycles. The molecule has 1 aromatic rings. The van der Waals surface area contributed by atoms with Crippen molar-refractivity contribution in [1.29, 1.82) is 0 Å². The molecule has 3 nitrogen and oxygen atoms in total. The quantitative estimate of drug-likeness (QED) is 0.793. The summed E-state index contributed by atoms with van der Waals surface area (Å²) in [5.74, 6) is 0.686. The zero-order valence-electron chi connectivity index (χ0n) is 10.4. The van der Waals surface area contributed by atoms with Gasteiger partial charge in [-0.3, -0.25) is 4.90 Å². The van der Waals surface area contributed by atoms with Crippen molar-refractivity contribution in [3.8, 4) is 0 Å². The van der Waals surface area contributed by atoms with E-state index in [0.717, 1.165) is 31.9 Å². The highest BCUT2D eigenvalue weighted by molar-refractivity contribution is 5.52. The van der Waals surface area contributed by atoms with Gasteiger partial charge in [0.15, 0.2) is 0 Å². The van der Waals surface area contributed by atoms with Crippen LogP contribution in [0, 0.1) is 5.92 Å². The monoisotopic (exact) mass is 232 g/mol. The maximum absolute atomic E-state index is 6.02. The summed E-state index contributed by atoms with van der Waals surface area (Å²) in [6, 6.07) is 6.25. The molecule has 3 rings (SSSR count). The first-order valence-corrected chi connectivity index (χ1v) is 6.44. The summed E-state index contributed by atoms with van der Waals surface area (Å²) in [6.07, 6.45) is 1.61. The molecule has 0 saturated carbocycles. The van der Waals surface area contributed by atoms with E-state index >= 15 is 0 Å². The second-order valence-corrected chi connectivity index (χ2v) is 5.28. The standard InChI is InChI=1S/C14H20N2O/c1-10-11(5-6-17-10)7-16-8-12-3-2-4-14(15)13(12)9-16/h2-4,10-11H,5-9,15H2,1H3. The fourth-order valence-corrected chi connectivity index (χ4v) is 2.99. The molecule has 17 heavy (non-hydrogen) atoms. The zero-order valence-corrected chi connectivity index (χ0v) is 10.4. The van der Waals surface area contributed by atoms with Crippen LogP contribution in [0.1, 0.15) is 24.5 Å². The van der Waals surface area contributed by atoms with Gasteiger partial charge in [-0.1, -0.05) is 12.1 Å². The Morgan fingerprint density at radius 2 is 2.29 bits per heavy atom. The van der Waals surface area contributed by atoms with Crippen molar-refractivity contribution in [2.45, 2.75) is 32.5 Å². The summed E-state index contributed by atoms with van der Waals surface area (Å²) in [6.45, 7) is 6.30. The van der Waals surface area contributed by atoms with E-state index in [1.54, 1.807) is 0 Å². The predicted molar refractivity (Wildman–Crippen MR) is 68.5 cm³/mol. The summed E-state index contributed by atoms with van der Waals surface area (Å²) in [5.41, 5.74) is 9.70. The van der Waals surface area contributed by atoms with Crippen molar-refractivity contribution in [2.75, 3.05) is 18.9 Å². The Morgan fingerprint density at radius 1 is 1.41 bits per heavy atom. The van der Waals surface area contributed by atoms with Gasteiger partial charge in [0.2, 0.25) is 0 Å². The first kappa shape index (κ1) is 11.1. The molecule has 3 heteroatoms. The Balaban J connectivity index is 1.68. The van der Waals surface area contributed by atoms with Gasteiger partial charge >= 0.3 is 0 Å². The van der Waals surface area contributed by atoms with Crippen molar-refractivity contribution in [2.24, 2.45) is 5.92 Å². The Morgan fingerprint density at radius 3 is 3.00 bits per heavy atom. The minimum Gasteiger partial charge on any atom is -0.398 e. The number of ether oxygens (including phenoxy) is 1. The molecule has 1 aromatic carbocycles. The fourth-order valence-electron chi connectivity index (χ4n) is 2.99. The molecule has 0 radical (unpaired) electrons. The molecule has 2 aliphatic heterocycles. The van der Waals surface area contributed by atoms with Crippen molar-refractivity contribution < 1.29 is 4.74 Å². The Labute approximate surface area is 103 Å². The highest BCUT2D eigenvalue weighted by Crippen LogP contribution is 2.30. The zero-order chi connectivity index (χ0) is 11.8. The lowest BCUT2D eigenvalue weighted by atomic mass is 10.0. The molecule has 0 amide bonds. The van der Waals surface area contributed by atoms with Crippen LogP contribution < -0.4 is 5.73 Å². The highest BCUT2D eigenvalue weighted by atomic mass is 16.5. The van der Waals surface area contributed by atoms with E-state index in [-0.39, 0.29) is 0 Å². The van der Waals surface area contributed by atoms with Crippen molar-refractivity contribution in [1.82, 2.24) is 4.90 Å². The van der Waals surface area contributed by atoms with Gasteiger partial charge in [-0.05, 0) is 36.5 Å². The minimum absolute atomic E-state index is 0.413. The number of fused-ring (bicyclic) bond motifs is 1. The molecule has 0 spiro atoms. The van der Waals surface area contributed by atoms with Gasteiger partial charge in [-0.25, -0.2) is 0 Å². The fraction of sp³-hybridized carbons (Fsp3) is 0.571. The summed E-state index contributed by atoms with van der Waals surface area (Å²) in [4.78, 5) is 2.50. The van der Waals surface area contributed by atoms with Crippen LogP contribution in [0.4, 0.5) is 5.69 Å².